The van der Waals surface area contributed by atoms with Crippen molar-refractivity contribution in [1.82, 2.24) is 10.2 Å². The van der Waals surface area contributed by atoms with Crippen molar-refractivity contribution in [3.8, 4) is 0 Å². The number of esters is 3. The number of anilines is 1. The Morgan fingerprint density at radius 2 is 1.16 bits per heavy atom. The number of carboxylic acid groups (broad SMARTS) is 2. The molecule has 1 heterocycles. The van der Waals surface area contributed by atoms with Crippen LogP contribution in [0.25, 0.3) is 6.08 Å². The summed E-state index contributed by atoms with van der Waals surface area (Å²) in [6.07, 6.45) is 4.72. The molecule has 3 N–H and O–H groups in total. The number of carbonyl (C=O) groups is 6. The van der Waals surface area contributed by atoms with Crippen molar-refractivity contribution in [3.05, 3.63) is 108 Å². The van der Waals surface area contributed by atoms with Crippen LogP contribution in [0.5, 0.6) is 0 Å². The highest BCUT2D eigenvalue weighted by atomic mass is 32.2. The number of nitrogens with one attached hydrogen (secondary N) is 1. The van der Waals surface area contributed by atoms with Crippen molar-refractivity contribution in [1.29, 1.82) is 0 Å². The van der Waals surface area contributed by atoms with Gasteiger partial charge in [-0.3, -0.25) is 24.0 Å². The third-order valence-electron chi connectivity index (χ3n) is 11.0. The summed E-state index contributed by atoms with van der Waals surface area (Å²) in [6, 6.07) is 27.3. The van der Waals surface area contributed by atoms with Gasteiger partial charge in [-0.1, -0.05) is 170 Å². The Bertz CT molecular complexity index is 2160. The maximum atomic E-state index is 11.9. The lowest BCUT2D eigenvalue weighted by Crippen LogP contribution is -2.29. The molecule has 0 spiro atoms. The van der Waals surface area contributed by atoms with Crippen molar-refractivity contribution >= 4 is 82.4 Å². The lowest BCUT2D eigenvalue weighted by Gasteiger charge is -2.21. The number of nitrogens with zero attached hydrogens (tertiary/aromatic N) is 2. The molecular weight excluding hydrogens is 987 g/mol. The summed E-state index contributed by atoms with van der Waals surface area (Å²) >= 11 is 5.19. The summed E-state index contributed by atoms with van der Waals surface area (Å²) in [5.74, 6) is -0.284. The normalized spacial score (nSPS) is 10.9. The molecule has 1 aromatic heterocycles. The van der Waals surface area contributed by atoms with Crippen LogP contribution < -0.4 is 5.32 Å². The largest absolute Gasteiger partial charge is 0.481 e. The van der Waals surface area contributed by atoms with Gasteiger partial charge in [-0.2, -0.15) is 0 Å². The molecule has 4 rings (SSSR count). The zero-order valence-corrected chi connectivity index (χ0v) is 48.2. The Morgan fingerprint density at radius 3 is 1.55 bits per heavy atom. The van der Waals surface area contributed by atoms with E-state index >= 15 is 0 Å². The number of amides is 1. The van der Waals surface area contributed by atoms with E-state index in [1.807, 2.05) is 71.0 Å². The Balaban J connectivity index is 0. The van der Waals surface area contributed by atoms with E-state index in [4.69, 9.17) is 19.7 Å². The minimum Gasteiger partial charge on any atom is -0.481 e. The molecular formula is C56H83N3O11S3. The quantitative estimate of drug-likeness (QED) is 0.0307. The molecule has 1 amide bonds. The zero-order chi connectivity index (χ0) is 56.0. The third-order valence-corrected chi connectivity index (χ3v) is 14.0. The van der Waals surface area contributed by atoms with E-state index in [1.54, 1.807) is 86.8 Å². The van der Waals surface area contributed by atoms with Gasteiger partial charge in [0.15, 0.2) is 8.68 Å². The standard InChI is InChI=1S/C14H19NO3.C12H20O6.C10H14.C8H8.C6H10N2S3.C6H12O2/c1-5-14(2,3)13(17)15-11-8-6-10(7-9-11)12(16)18-4;1-4-12(2,3)11(16)18-8-7-17-10(15)6-5-9(13)14;1-3-9(2)10-7-5-4-6-8-10;1-2-8-6-4-3-5-7-8;1-3-9-5-7-8-6(11-5)10-4-2;1-4-6(2,3)5(7)8/h6-9H,5H2,1-4H3,(H,15,17);4-8H2,1-3H3,(H,13,14);4-9H,3H2,1-2H3;2-7H,1H2;3-4H2,1-2H3;4H2,1-3H3,(H,7,8). The first kappa shape index (κ1) is 69.6. The topological polar surface area (TPSA) is 208 Å². The number of thioether (sulfide) groups is 2. The van der Waals surface area contributed by atoms with Gasteiger partial charge in [-0.15, -0.1) is 10.2 Å². The molecule has 0 saturated carbocycles. The predicted octanol–water partition coefficient (Wildman–Crippen LogP) is 14.0. The Kier molecular flexibility index (Phi) is 37.2. The molecule has 0 aliphatic carbocycles. The first-order chi connectivity index (χ1) is 34.3. The highest BCUT2D eigenvalue weighted by molar-refractivity contribution is 8.03. The number of carbonyl (C=O) groups excluding carboxylic acids is 4. The van der Waals surface area contributed by atoms with Crippen molar-refractivity contribution in [2.45, 2.75) is 143 Å². The molecule has 17 heteroatoms. The minimum atomic E-state index is -1.05. The lowest BCUT2D eigenvalue weighted by molar-refractivity contribution is -0.159. The van der Waals surface area contributed by atoms with Crippen molar-refractivity contribution in [2.24, 2.45) is 16.2 Å². The van der Waals surface area contributed by atoms with Gasteiger partial charge in [0.25, 0.3) is 0 Å². The second-order valence-corrected chi connectivity index (χ2v) is 21.8. The monoisotopic (exact) mass is 1070 g/mol. The summed E-state index contributed by atoms with van der Waals surface area (Å²) in [5, 5.41) is 27.7. The molecule has 0 aliphatic heterocycles. The molecule has 0 radical (unpaired) electrons. The van der Waals surface area contributed by atoms with Gasteiger partial charge in [0.05, 0.1) is 36.3 Å². The molecule has 0 bridgehead atoms. The molecule has 1 unspecified atom stereocenters. The molecule has 3 aromatic carbocycles. The number of aromatic nitrogens is 2. The van der Waals surface area contributed by atoms with E-state index in [2.05, 4.69) is 84.9 Å². The van der Waals surface area contributed by atoms with Crippen LogP contribution in [0.15, 0.2) is 100 Å². The van der Waals surface area contributed by atoms with Gasteiger partial charge in [0.2, 0.25) is 5.91 Å². The van der Waals surface area contributed by atoms with Crippen LogP contribution >= 0.6 is 34.9 Å². The highest BCUT2D eigenvalue weighted by Gasteiger charge is 2.27. The minimum absolute atomic E-state index is 0.0128. The van der Waals surface area contributed by atoms with Gasteiger partial charge in [-0.05, 0) is 106 Å². The van der Waals surface area contributed by atoms with Crippen molar-refractivity contribution < 1.29 is 53.2 Å². The van der Waals surface area contributed by atoms with Gasteiger partial charge in [-0.25, -0.2) is 4.79 Å². The van der Waals surface area contributed by atoms with E-state index in [1.165, 1.54) is 24.7 Å². The van der Waals surface area contributed by atoms with Crippen LogP contribution in [0.4, 0.5) is 5.69 Å². The maximum Gasteiger partial charge on any atom is 0.337 e. The average Bonchev–Trinajstić information content (AvgIpc) is 3.84. The lowest BCUT2D eigenvalue weighted by atomic mass is 9.89. The Hall–Kier alpha value is -5.52. The number of carboxylic acids is 2. The molecule has 1 atom stereocenters. The molecule has 0 saturated heterocycles. The highest BCUT2D eigenvalue weighted by Crippen LogP contribution is 2.28. The number of ether oxygens (including phenoxy) is 3. The van der Waals surface area contributed by atoms with Crippen LogP contribution in [0.2, 0.25) is 0 Å². The molecule has 0 fully saturated rings. The number of benzene rings is 3. The van der Waals surface area contributed by atoms with Crippen molar-refractivity contribution in [3.63, 3.8) is 0 Å². The summed E-state index contributed by atoms with van der Waals surface area (Å²) < 4.78 is 16.4. The fourth-order valence-electron chi connectivity index (χ4n) is 4.50. The number of hydrogen-bond donors (Lipinski definition) is 3. The van der Waals surface area contributed by atoms with Gasteiger partial charge >= 0.3 is 29.8 Å². The number of aliphatic carboxylic acids is 2. The van der Waals surface area contributed by atoms with Crippen LogP contribution in [0.1, 0.15) is 156 Å². The van der Waals surface area contributed by atoms with E-state index in [9.17, 15) is 28.8 Å². The molecule has 406 valence electrons. The van der Waals surface area contributed by atoms with Gasteiger partial charge in [0, 0.05) is 11.1 Å². The van der Waals surface area contributed by atoms with E-state index in [0.717, 1.165) is 26.6 Å². The van der Waals surface area contributed by atoms with Crippen LogP contribution in [-0.2, 0) is 38.2 Å². The fourth-order valence-corrected chi connectivity index (χ4v) is 7.31. The van der Waals surface area contributed by atoms with Crippen LogP contribution in [-0.4, -0.2) is 88.0 Å². The number of rotatable bonds is 21. The SMILES string of the molecule is C=Cc1ccccc1.CCC(C)(C)C(=O)Nc1ccc(C(=O)OC)cc1.CCC(C)(C)C(=O)O.CCC(C)(C)C(=O)OCCOC(=O)CCC(=O)O.CCC(C)c1ccccc1.CCSc1nnc(SCC)s1. The first-order valence-corrected chi connectivity index (χ1v) is 27.2. The van der Waals surface area contributed by atoms with Crippen LogP contribution in [0.3, 0.4) is 0 Å². The van der Waals surface area contributed by atoms with Crippen molar-refractivity contribution in [2.75, 3.05) is 37.1 Å². The molecule has 73 heavy (non-hydrogen) atoms. The van der Waals surface area contributed by atoms with E-state index < -0.39 is 34.2 Å². The molecule has 4 aromatic rings. The summed E-state index contributed by atoms with van der Waals surface area (Å²) in [5.41, 5.74) is 2.27. The second kappa shape index (κ2) is 39.0. The van der Waals surface area contributed by atoms with E-state index in [-0.39, 0.29) is 43.9 Å². The predicted molar refractivity (Wildman–Crippen MR) is 299 cm³/mol. The third kappa shape index (κ3) is 32.3. The second-order valence-electron chi connectivity index (χ2n) is 17.8. The fraction of sp³-hybridized carbons (Fsp3) is 0.500. The summed E-state index contributed by atoms with van der Waals surface area (Å²) in [7, 11) is 1.34. The molecule has 14 nitrogen and oxygen atoms in total. The Labute approximate surface area is 448 Å². The van der Waals surface area contributed by atoms with Crippen LogP contribution in [0, 0.1) is 16.2 Å². The summed E-state index contributed by atoms with van der Waals surface area (Å²) in [4.78, 5) is 66.2. The first-order valence-electron chi connectivity index (χ1n) is 24.4. The van der Waals surface area contributed by atoms with Gasteiger partial charge in [0.1, 0.15) is 13.2 Å². The van der Waals surface area contributed by atoms with E-state index in [0.29, 0.717) is 30.0 Å². The number of methoxy groups -OCH3 is 1. The van der Waals surface area contributed by atoms with Gasteiger partial charge < -0.3 is 29.7 Å². The molecule has 0 aliphatic rings. The average molecular weight is 1070 g/mol. The number of hydrogen-bond acceptors (Lipinski definition) is 14. The Morgan fingerprint density at radius 1 is 0.685 bits per heavy atom. The summed E-state index contributed by atoms with van der Waals surface area (Å²) in [6.45, 7) is 28.8. The zero-order valence-electron chi connectivity index (χ0n) is 45.7. The smallest absolute Gasteiger partial charge is 0.337 e. The maximum absolute atomic E-state index is 11.9.